The van der Waals surface area contributed by atoms with E-state index in [2.05, 4.69) is 0 Å². The Morgan fingerprint density at radius 3 is 1.56 bits per heavy atom. The molecule has 0 amide bonds. The van der Waals surface area contributed by atoms with E-state index < -0.39 is 123 Å². The van der Waals surface area contributed by atoms with Crippen molar-refractivity contribution in [3.8, 4) is 0 Å². The van der Waals surface area contributed by atoms with E-state index in [0.29, 0.717) is 0 Å². The van der Waals surface area contributed by atoms with Gasteiger partial charge in [0, 0.05) is 21.3 Å². The van der Waals surface area contributed by atoms with Crippen LogP contribution in [0.1, 0.15) is 34.6 Å². The van der Waals surface area contributed by atoms with Crippen molar-refractivity contribution in [3.05, 3.63) is 0 Å². The summed E-state index contributed by atoms with van der Waals surface area (Å²) in [6, 6.07) is 0. The average molecular weight is 661 g/mol. The monoisotopic (exact) mass is 660 g/mol. The molecule has 0 aromatic rings. The Morgan fingerprint density at radius 2 is 1.04 bits per heavy atom. The van der Waals surface area contributed by atoms with Crippen LogP contribution in [-0.4, -0.2) is 179 Å². The summed E-state index contributed by atoms with van der Waals surface area (Å²) in [4.78, 5) is 0. The largest absolute Gasteiger partial charge is 0.390 e. The van der Waals surface area contributed by atoms with Crippen molar-refractivity contribution in [1.82, 2.24) is 0 Å². The van der Waals surface area contributed by atoms with E-state index in [-0.39, 0.29) is 0 Å². The number of ether oxygens (including phenoxy) is 9. The Hall–Kier alpha value is -0.680. The van der Waals surface area contributed by atoms with Crippen LogP contribution in [0, 0.1) is 5.92 Å². The second-order valence-electron chi connectivity index (χ2n) is 12.1. The lowest BCUT2D eigenvalue weighted by atomic mass is 9.95. The van der Waals surface area contributed by atoms with Crippen LogP contribution in [0.15, 0.2) is 0 Å². The van der Waals surface area contributed by atoms with Crippen LogP contribution < -0.4 is 0 Å². The average Bonchev–Trinajstić information content (AvgIpc) is 3.00. The lowest BCUT2D eigenvalue weighted by Crippen LogP contribution is -2.64. The van der Waals surface area contributed by atoms with Gasteiger partial charge in [0.2, 0.25) is 0 Å². The van der Waals surface area contributed by atoms with Gasteiger partial charge in [0.25, 0.3) is 0 Å². The molecule has 0 radical (unpaired) electrons. The topological polar surface area (TPSA) is 245 Å². The highest BCUT2D eigenvalue weighted by Crippen LogP contribution is 2.33. The van der Waals surface area contributed by atoms with E-state index in [1.807, 2.05) is 0 Å². The molecule has 0 saturated carbocycles. The highest BCUT2D eigenvalue weighted by molar-refractivity contribution is 4.95. The standard InChI is InChI=1S/C28H52O17/c1-9(2)13(29)21(44-28-23(37-6)17(33)14(30)11(4)42-28)19(35)25(38-7)43-22-16(32)12(5)40-26(20(22)36)45-24-18(34)15(31)10(3)41-27(24)39-8/h9-36H,1-8H3. The predicted molar refractivity (Wildman–Crippen MR) is 149 cm³/mol. The van der Waals surface area contributed by atoms with Crippen molar-refractivity contribution in [3.63, 3.8) is 0 Å². The zero-order valence-electron chi connectivity index (χ0n) is 26.8. The highest BCUT2D eigenvalue weighted by Gasteiger charge is 2.52. The van der Waals surface area contributed by atoms with Crippen LogP contribution in [0.5, 0.6) is 0 Å². The first-order valence-corrected chi connectivity index (χ1v) is 15.0. The molecule has 0 bridgehead atoms. The molecule has 3 aliphatic rings. The fourth-order valence-corrected chi connectivity index (χ4v) is 5.61. The number of rotatable bonds is 13. The molecule has 0 aromatic heterocycles. The molecule has 0 spiro atoms. The maximum Gasteiger partial charge on any atom is 0.187 e. The molecule has 17 nitrogen and oxygen atoms in total. The molecule has 3 rings (SSSR count). The fraction of sp³-hybridized carbons (Fsp3) is 1.00. The molecule has 3 aliphatic heterocycles. The molecular weight excluding hydrogens is 608 g/mol. The summed E-state index contributed by atoms with van der Waals surface area (Å²) >= 11 is 0. The van der Waals surface area contributed by atoms with E-state index >= 15 is 0 Å². The fourth-order valence-electron chi connectivity index (χ4n) is 5.61. The van der Waals surface area contributed by atoms with Gasteiger partial charge in [-0.25, -0.2) is 0 Å². The maximum absolute atomic E-state index is 11.4. The molecule has 3 heterocycles. The molecule has 19 unspecified atom stereocenters. The molecule has 19 atom stereocenters. The molecule has 8 N–H and O–H groups in total. The maximum atomic E-state index is 11.4. The van der Waals surface area contributed by atoms with Crippen LogP contribution in [0.25, 0.3) is 0 Å². The first-order chi connectivity index (χ1) is 21.1. The van der Waals surface area contributed by atoms with Crippen molar-refractivity contribution in [2.45, 2.75) is 151 Å². The van der Waals surface area contributed by atoms with Crippen LogP contribution in [0.3, 0.4) is 0 Å². The molecule has 0 aromatic carbocycles. The molecule has 3 fully saturated rings. The van der Waals surface area contributed by atoms with Crippen LogP contribution in [0.4, 0.5) is 0 Å². The third-order valence-corrected chi connectivity index (χ3v) is 8.60. The molecule has 0 aliphatic carbocycles. The van der Waals surface area contributed by atoms with E-state index in [9.17, 15) is 40.9 Å². The zero-order valence-corrected chi connectivity index (χ0v) is 26.8. The van der Waals surface area contributed by atoms with Gasteiger partial charge in [0.05, 0.1) is 24.4 Å². The third-order valence-electron chi connectivity index (χ3n) is 8.60. The Kier molecular flexibility index (Phi) is 14.3. The van der Waals surface area contributed by atoms with Gasteiger partial charge in [-0.1, -0.05) is 13.8 Å². The van der Waals surface area contributed by atoms with Gasteiger partial charge in [-0.05, 0) is 26.7 Å². The molecule has 3 saturated heterocycles. The van der Waals surface area contributed by atoms with Gasteiger partial charge >= 0.3 is 0 Å². The summed E-state index contributed by atoms with van der Waals surface area (Å²) in [5.74, 6) is -0.479. The number of aliphatic hydroxyl groups excluding tert-OH is 8. The Bertz CT molecular complexity index is 882. The second kappa shape index (κ2) is 16.6. The van der Waals surface area contributed by atoms with Gasteiger partial charge in [-0.15, -0.1) is 0 Å². The summed E-state index contributed by atoms with van der Waals surface area (Å²) in [6.45, 7) is 7.84. The smallest absolute Gasteiger partial charge is 0.187 e. The van der Waals surface area contributed by atoms with E-state index in [0.717, 1.165) is 0 Å². The quantitative estimate of drug-likeness (QED) is 0.0895. The summed E-state index contributed by atoms with van der Waals surface area (Å²) in [7, 11) is 3.75. The molecule has 266 valence electrons. The number of methoxy groups -OCH3 is 3. The zero-order chi connectivity index (χ0) is 33.9. The van der Waals surface area contributed by atoms with Crippen molar-refractivity contribution >= 4 is 0 Å². The van der Waals surface area contributed by atoms with Crippen LogP contribution in [-0.2, 0) is 42.6 Å². The minimum atomic E-state index is -1.78. The van der Waals surface area contributed by atoms with E-state index in [1.54, 1.807) is 13.8 Å². The van der Waals surface area contributed by atoms with Crippen LogP contribution >= 0.6 is 0 Å². The third kappa shape index (κ3) is 8.49. The summed E-state index contributed by atoms with van der Waals surface area (Å²) in [5, 5.41) is 86.3. The molecule has 45 heavy (non-hydrogen) atoms. The Balaban J connectivity index is 1.82. The minimum Gasteiger partial charge on any atom is -0.390 e. The van der Waals surface area contributed by atoms with Gasteiger partial charge < -0.3 is 83.5 Å². The molecule has 17 heteroatoms. The minimum absolute atomic E-state index is 0.479. The number of hydrogen-bond acceptors (Lipinski definition) is 17. The summed E-state index contributed by atoms with van der Waals surface area (Å²) in [6.07, 6.45) is -25.7. The van der Waals surface area contributed by atoms with Gasteiger partial charge in [0.1, 0.15) is 67.1 Å². The highest BCUT2D eigenvalue weighted by atomic mass is 16.8. The van der Waals surface area contributed by atoms with Gasteiger partial charge in [-0.2, -0.15) is 0 Å². The van der Waals surface area contributed by atoms with Crippen molar-refractivity contribution in [2.75, 3.05) is 21.3 Å². The van der Waals surface area contributed by atoms with E-state index in [4.69, 9.17) is 42.6 Å². The van der Waals surface area contributed by atoms with E-state index in [1.165, 1.54) is 42.1 Å². The number of aliphatic hydroxyl groups is 8. The van der Waals surface area contributed by atoms with Crippen molar-refractivity contribution < 1.29 is 83.5 Å². The first-order valence-electron chi connectivity index (χ1n) is 15.0. The summed E-state index contributed by atoms with van der Waals surface area (Å²) < 4.78 is 50.4. The van der Waals surface area contributed by atoms with Crippen LogP contribution in [0.2, 0.25) is 0 Å². The summed E-state index contributed by atoms with van der Waals surface area (Å²) in [5.41, 5.74) is 0. The first kappa shape index (κ1) is 38.8. The van der Waals surface area contributed by atoms with Gasteiger partial charge in [0.15, 0.2) is 25.2 Å². The predicted octanol–water partition coefficient (Wildman–Crippen LogP) is -3.45. The van der Waals surface area contributed by atoms with Gasteiger partial charge in [-0.3, -0.25) is 0 Å². The molecular formula is C28H52O17. The Morgan fingerprint density at radius 1 is 0.533 bits per heavy atom. The number of hydrogen-bond donors (Lipinski definition) is 8. The lowest BCUT2D eigenvalue weighted by Gasteiger charge is -2.47. The SMILES string of the molecule is COC(OC1C(O)C(C)OC(OC2C(OC)OC(C)C(O)C2O)C1O)C(O)C(OC1OC(C)C(O)C(O)C1OC)C(O)C(C)C. The second-order valence-corrected chi connectivity index (χ2v) is 12.1. The van der Waals surface area contributed by atoms with Crippen molar-refractivity contribution in [1.29, 1.82) is 0 Å². The normalized spacial score (nSPS) is 45.7. The lowest BCUT2D eigenvalue weighted by molar-refractivity contribution is -0.374. The Labute approximate surface area is 262 Å². The van der Waals surface area contributed by atoms with Crippen molar-refractivity contribution in [2.24, 2.45) is 5.92 Å².